The van der Waals surface area contributed by atoms with Crippen LogP contribution >= 0.6 is 0 Å². The Bertz CT molecular complexity index is 695. The molecule has 3 aromatic rings. The summed E-state index contributed by atoms with van der Waals surface area (Å²) in [7, 11) is 1.67. The third-order valence-corrected chi connectivity index (χ3v) is 2.97. The van der Waals surface area contributed by atoms with Gasteiger partial charge in [0, 0.05) is 5.56 Å². The number of methoxy groups -OCH3 is 1. The number of para-hydroxylation sites is 3. The van der Waals surface area contributed by atoms with Crippen LogP contribution in [0.1, 0.15) is 11.4 Å². The molecule has 3 heteroatoms. The first kappa shape index (κ1) is 11.5. The van der Waals surface area contributed by atoms with Crippen molar-refractivity contribution < 1.29 is 4.74 Å². The number of nitrogens with one attached hydrogen (secondary N) is 1. The van der Waals surface area contributed by atoms with Crippen LogP contribution < -0.4 is 4.74 Å². The van der Waals surface area contributed by atoms with E-state index < -0.39 is 0 Å². The molecule has 0 bridgehead atoms. The third kappa shape index (κ3) is 2.36. The van der Waals surface area contributed by atoms with Gasteiger partial charge in [0.05, 0.1) is 18.1 Å². The first-order valence-corrected chi connectivity index (χ1v) is 6.12. The van der Waals surface area contributed by atoms with E-state index in [1.54, 1.807) is 7.11 Å². The molecule has 0 amide bonds. The van der Waals surface area contributed by atoms with Gasteiger partial charge in [-0.25, -0.2) is 4.98 Å². The second-order valence-corrected chi connectivity index (χ2v) is 4.21. The Kier molecular flexibility index (Phi) is 3.02. The van der Waals surface area contributed by atoms with Crippen LogP contribution in [0.15, 0.2) is 48.5 Å². The number of H-pyrrole nitrogens is 1. The van der Waals surface area contributed by atoms with Crippen LogP contribution in [0.2, 0.25) is 0 Å². The number of rotatable bonds is 3. The summed E-state index contributed by atoms with van der Waals surface area (Å²) in [6.07, 6.45) is 3.95. The van der Waals surface area contributed by atoms with E-state index in [4.69, 9.17) is 4.74 Å². The van der Waals surface area contributed by atoms with Gasteiger partial charge >= 0.3 is 0 Å². The Morgan fingerprint density at radius 1 is 1.00 bits per heavy atom. The highest BCUT2D eigenvalue weighted by Gasteiger charge is 2.00. The molecule has 3 rings (SSSR count). The zero-order valence-electron chi connectivity index (χ0n) is 10.6. The van der Waals surface area contributed by atoms with E-state index in [0.29, 0.717) is 0 Å². The first-order valence-electron chi connectivity index (χ1n) is 6.12. The number of aromatic amines is 1. The van der Waals surface area contributed by atoms with E-state index >= 15 is 0 Å². The van der Waals surface area contributed by atoms with Crippen molar-refractivity contribution in [3.05, 3.63) is 59.9 Å². The minimum Gasteiger partial charge on any atom is -0.496 e. The molecule has 1 N–H and O–H groups in total. The lowest BCUT2D eigenvalue weighted by molar-refractivity contribution is 0.414. The normalized spacial score (nSPS) is 11.2. The maximum absolute atomic E-state index is 5.31. The van der Waals surface area contributed by atoms with Gasteiger partial charge in [-0.1, -0.05) is 30.3 Å². The van der Waals surface area contributed by atoms with Crippen molar-refractivity contribution in [3.8, 4) is 5.75 Å². The summed E-state index contributed by atoms with van der Waals surface area (Å²) in [5.74, 6) is 1.70. The van der Waals surface area contributed by atoms with Gasteiger partial charge in [0.15, 0.2) is 0 Å². The van der Waals surface area contributed by atoms with Crippen molar-refractivity contribution in [2.45, 2.75) is 0 Å². The monoisotopic (exact) mass is 250 g/mol. The Morgan fingerprint density at radius 2 is 1.79 bits per heavy atom. The predicted octanol–water partition coefficient (Wildman–Crippen LogP) is 3.74. The highest BCUT2D eigenvalue weighted by molar-refractivity contribution is 5.79. The Hall–Kier alpha value is -2.55. The Labute approximate surface area is 111 Å². The number of ether oxygens (including phenoxy) is 1. The standard InChI is InChI=1S/C16H14N2O/c1-19-15-9-5-2-6-12(15)10-11-16-17-13-7-3-4-8-14(13)18-16/h2-11H,1H3,(H,17,18). The van der Waals surface area contributed by atoms with E-state index in [9.17, 15) is 0 Å². The number of benzene rings is 2. The smallest absolute Gasteiger partial charge is 0.131 e. The number of aromatic nitrogens is 2. The van der Waals surface area contributed by atoms with Crippen molar-refractivity contribution >= 4 is 23.2 Å². The molecule has 0 fully saturated rings. The lowest BCUT2D eigenvalue weighted by atomic mass is 10.2. The minimum absolute atomic E-state index is 0.840. The number of hydrogen-bond donors (Lipinski definition) is 1. The van der Waals surface area contributed by atoms with Gasteiger partial charge in [0.1, 0.15) is 11.6 Å². The zero-order chi connectivity index (χ0) is 13.1. The molecule has 0 aliphatic heterocycles. The van der Waals surface area contributed by atoms with E-state index in [0.717, 1.165) is 28.2 Å². The molecular formula is C16H14N2O. The van der Waals surface area contributed by atoms with Crippen molar-refractivity contribution in [1.82, 2.24) is 9.97 Å². The van der Waals surface area contributed by atoms with Crippen LogP contribution in [0.25, 0.3) is 23.2 Å². The van der Waals surface area contributed by atoms with Crippen molar-refractivity contribution in [2.75, 3.05) is 7.11 Å². The summed E-state index contributed by atoms with van der Waals surface area (Å²) < 4.78 is 5.31. The molecule has 0 aliphatic carbocycles. The summed E-state index contributed by atoms with van der Waals surface area (Å²) in [4.78, 5) is 7.76. The summed E-state index contributed by atoms with van der Waals surface area (Å²) in [6.45, 7) is 0. The van der Waals surface area contributed by atoms with Crippen molar-refractivity contribution in [2.24, 2.45) is 0 Å². The van der Waals surface area contributed by atoms with Crippen molar-refractivity contribution in [1.29, 1.82) is 0 Å². The fraction of sp³-hybridized carbons (Fsp3) is 0.0625. The fourth-order valence-corrected chi connectivity index (χ4v) is 2.02. The molecule has 0 aliphatic rings. The largest absolute Gasteiger partial charge is 0.496 e. The second-order valence-electron chi connectivity index (χ2n) is 4.21. The quantitative estimate of drug-likeness (QED) is 0.769. The van der Waals surface area contributed by atoms with Crippen LogP contribution in [-0.4, -0.2) is 17.1 Å². The Morgan fingerprint density at radius 3 is 2.63 bits per heavy atom. The van der Waals surface area contributed by atoms with Crippen LogP contribution in [0.5, 0.6) is 5.75 Å². The topological polar surface area (TPSA) is 37.9 Å². The Balaban J connectivity index is 1.93. The molecule has 3 nitrogen and oxygen atoms in total. The van der Waals surface area contributed by atoms with Gasteiger partial charge < -0.3 is 9.72 Å². The molecule has 0 atom stereocenters. The van der Waals surface area contributed by atoms with Gasteiger partial charge in [-0.2, -0.15) is 0 Å². The van der Waals surface area contributed by atoms with Gasteiger partial charge in [0.25, 0.3) is 0 Å². The molecular weight excluding hydrogens is 236 g/mol. The predicted molar refractivity (Wildman–Crippen MR) is 78.0 cm³/mol. The average Bonchev–Trinajstić information content (AvgIpc) is 2.88. The lowest BCUT2D eigenvalue weighted by Crippen LogP contribution is -1.85. The van der Waals surface area contributed by atoms with Crippen LogP contribution in [-0.2, 0) is 0 Å². The molecule has 19 heavy (non-hydrogen) atoms. The number of imidazole rings is 1. The van der Waals surface area contributed by atoms with E-state index in [1.807, 2.05) is 60.7 Å². The molecule has 2 aromatic carbocycles. The molecule has 0 spiro atoms. The molecule has 0 saturated carbocycles. The zero-order valence-corrected chi connectivity index (χ0v) is 10.6. The highest BCUT2D eigenvalue weighted by Crippen LogP contribution is 2.20. The third-order valence-electron chi connectivity index (χ3n) is 2.97. The summed E-state index contributed by atoms with van der Waals surface area (Å²) in [6, 6.07) is 15.9. The van der Waals surface area contributed by atoms with E-state index in [2.05, 4.69) is 9.97 Å². The second kappa shape index (κ2) is 4.98. The average molecular weight is 250 g/mol. The fourth-order valence-electron chi connectivity index (χ4n) is 2.02. The number of fused-ring (bicyclic) bond motifs is 1. The van der Waals surface area contributed by atoms with Crippen molar-refractivity contribution in [3.63, 3.8) is 0 Å². The highest BCUT2D eigenvalue weighted by atomic mass is 16.5. The minimum atomic E-state index is 0.840. The number of nitrogens with zero attached hydrogens (tertiary/aromatic N) is 1. The van der Waals surface area contributed by atoms with Gasteiger partial charge in [-0.15, -0.1) is 0 Å². The molecule has 1 aromatic heterocycles. The molecule has 1 heterocycles. The van der Waals surface area contributed by atoms with E-state index in [-0.39, 0.29) is 0 Å². The van der Waals surface area contributed by atoms with Gasteiger partial charge in [0.2, 0.25) is 0 Å². The molecule has 0 unspecified atom stereocenters. The first-order chi connectivity index (χ1) is 9.36. The maximum Gasteiger partial charge on any atom is 0.131 e. The van der Waals surface area contributed by atoms with Crippen LogP contribution in [0, 0.1) is 0 Å². The summed E-state index contributed by atoms with van der Waals surface area (Å²) in [5.41, 5.74) is 3.05. The van der Waals surface area contributed by atoms with Gasteiger partial charge in [-0.05, 0) is 30.4 Å². The van der Waals surface area contributed by atoms with Crippen LogP contribution in [0.4, 0.5) is 0 Å². The molecule has 94 valence electrons. The van der Waals surface area contributed by atoms with Crippen LogP contribution in [0.3, 0.4) is 0 Å². The summed E-state index contributed by atoms with van der Waals surface area (Å²) in [5, 5.41) is 0. The summed E-state index contributed by atoms with van der Waals surface area (Å²) >= 11 is 0. The number of hydrogen-bond acceptors (Lipinski definition) is 2. The maximum atomic E-state index is 5.31. The molecule has 0 saturated heterocycles. The lowest BCUT2D eigenvalue weighted by Gasteiger charge is -2.02. The SMILES string of the molecule is COc1ccccc1C=Cc1nc2ccccc2[nH]1. The van der Waals surface area contributed by atoms with Gasteiger partial charge in [-0.3, -0.25) is 0 Å². The molecule has 0 radical (unpaired) electrons. The van der Waals surface area contributed by atoms with E-state index in [1.165, 1.54) is 0 Å².